The van der Waals surface area contributed by atoms with Gasteiger partial charge in [0.2, 0.25) is 0 Å². The second kappa shape index (κ2) is 16.9. The second-order valence-corrected chi connectivity index (χ2v) is 9.91. The first kappa shape index (κ1) is 33.2. The van der Waals surface area contributed by atoms with Gasteiger partial charge in [-0.3, -0.25) is 4.39 Å². The van der Waals surface area contributed by atoms with E-state index in [4.69, 9.17) is 0 Å². The quantitative estimate of drug-likeness (QED) is 0.316. The van der Waals surface area contributed by atoms with E-state index in [1.54, 1.807) is 0 Å². The van der Waals surface area contributed by atoms with E-state index < -0.39 is 0 Å². The van der Waals surface area contributed by atoms with Gasteiger partial charge in [0.15, 0.2) is 0 Å². The summed E-state index contributed by atoms with van der Waals surface area (Å²) in [6.45, 7) is 16.3. The smallest absolute Gasteiger partial charge is 0.0946 e. The lowest BCUT2D eigenvalue weighted by atomic mass is 9.82. The van der Waals surface area contributed by atoms with Gasteiger partial charge in [-0.15, -0.1) is 0 Å². The first-order valence-corrected chi connectivity index (χ1v) is 14.5. The number of alkyl halides is 1. The number of benzene rings is 2. The van der Waals surface area contributed by atoms with Crippen molar-refractivity contribution in [2.24, 2.45) is 12.5 Å². The van der Waals surface area contributed by atoms with E-state index in [0.717, 1.165) is 24.8 Å². The van der Waals surface area contributed by atoms with Crippen molar-refractivity contribution < 1.29 is 4.39 Å². The molecule has 0 saturated heterocycles. The molecule has 2 fully saturated rings. The maximum absolute atomic E-state index is 9.50. The van der Waals surface area contributed by atoms with Crippen LogP contribution in [0.25, 0.3) is 10.9 Å². The number of aromatic nitrogens is 1. The molecule has 2 aliphatic rings. The number of allylic oxidation sites excluding steroid dienone is 1. The van der Waals surface area contributed by atoms with Gasteiger partial charge in [0, 0.05) is 34.6 Å². The first-order chi connectivity index (χ1) is 18.5. The summed E-state index contributed by atoms with van der Waals surface area (Å²) in [4.78, 5) is 0. The third-order valence-corrected chi connectivity index (χ3v) is 7.82. The minimum absolute atomic E-state index is 0.0439. The largest absolute Gasteiger partial charge is 0.347 e. The molecule has 2 saturated carbocycles. The number of halogens is 1. The van der Waals surface area contributed by atoms with Crippen molar-refractivity contribution in [3.05, 3.63) is 83.1 Å². The van der Waals surface area contributed by atoms with Crippen LogP contribution in [0.2, 0.25) is 0 Å². The number of para-hydroxylation sites is 1. The number of rotatable bonds is 4. The fourth-order valence-corrected chi connectivity index (χ4v) is 5.43. The second-order valence-electron chi connectivity index (χ2n) is 9.91. The molecule has 208 valence electrons. The van der Waals surface area contributed by atoms with Gasteiger partial charge in [-0.05, 0) is 74.6 Å². The van der Waals surface area contributed by atoms with Crippen LogP contribution in [0.4, 0.5) is 4.39 Å². The van der Waals surface area contributed by atoms with Gasteiger partial charge >= 0.3 is 0 Å². The molecule has 0 spiro atoms. The van der Waals surface area contributed by atoms with Crippen molar-refractivity contribution in [2.45, 2.75) is 98.8 Å². The average Bonchev–Trinajstić information content (AvgIpc) is 3.73. The molecule has 2 aromatic carbocycles. The first-order valence-electron chi connectivity index (χ1n) is 14.5. The van der Waals surface area contributed by atoms with Gasteiger partial charge in [0.1, 0.15) is 0 Å². The summed E-state index contributed by atoms with van der Waals surface area (Å²) in [5, 5.41) is 10.8. The van der Waals surface area contributed by atoms with Gasteiger partial charge in [-0.25, -0.2) is 0 Å². The zero-order valence-electron chi connectivity index (χ0n) is 25.3. The minimum Gasteiger partial charge on any atom is -0.347 e. The van der Waals surface area contributed by atoms with Crippen LogP contribution in [0.5, 0.6) is 0 Å². The maximum atomic E-state index is 9.50. The number of aryl methyl sites for hydroxylation is 3. The van der Waals surface area contributed by atoms with Gasteiger partial charge in [0.25, 0.3) is 0 Å². The van der Waals surface area contributed by atoms with E-state index in [9.17, 15) is 9.65 Å². The highest BCUT2D eigenvalue weighted by Crippen LogP contribution is 2.55. The summed E-state index contributed by atoms with van der Waals surface area (Å²) < 4.78 is 11.9. The Morgan fingerprint density at radius 2 is 1.42 bits per heavy atom. The third kappa shape index (κ3) is 8.07. The molecule has 0 unspecified atom stereocenters. The highest BCUT2D eigenvalue weighted by Gasteiger charge is 2.46. The number of nitrogens with zero attached hydrogens (tertiary/aromatic N) is 2. The SMILES string of the molecule is C=C(C#N)C1(Cc2c(C3CCCCC3)n(C)c3ccccc23)CC1.CC.CC.CF.Cc1ccccc1C. The predicted octanol–water partition coefficient (Wildman–Crippen LogP) is 10.6. The van der Waals surface area contributed by atoms with Crippen LogP contribution in [0.1, 0.15) is 101 Å². The fourth-order valence-electron chi connectivity index (χ4n) is 5.43. The van der Waals surface area contributed by atoms with Crippen LogP contribution < -0.4 is 0 Å². The Morgan fingerprint density at radius 1 is 0.921 bits per heavy atom. The summed E-state index contributed by atoms with van der Waals surface area (Å²) in [7, 11) is 2.73. The third-order valence-electron chi connectivity index (χ3n) is 7.82. The summed E-state index contributed by atoms with van der Waals surface area (Å²) in [6.07, 6.45) is 9.92. The van der Waals surface area contributed by atoms with Crippen molar-refractivity contribution in [3.63, 3.8) is 0 Å². The molecule has 3 aromatic rings. The van der Waals surface area contributed by atoms with E-state index in [1.807, 2.05) is 27.7 Å². The van der Waals surface area contributed by atoms with Crippen molar-refractivity contribution in [1.29, 1.82) is 5.26 Å². The lowest BCUT2D eigenvalue weighted by Gasteiger charge is -2.25. The Balaban J connectivity index is 0.000000433. The van der Waals surface area contributed by atoms with E-state index in [0.29, 0.717) is 13.1 Å². The lowest BCUT2D eigenvalue weighted by Crippen LogP contribution is -2.14. The predicted molar refractivity (Wildman–Crippen MR) is 165 cm³/mol. The fraction of sp³-hybridized carbons (Fsp3) is 0.514. The molecule has 2 nitrogen and oxygen atoms in total. The normalized spacial score (nSPS) is 15.1. The van der Waals surface area contributed by atoms with Crippen LogP contribution in [0.3, 0.4) is 0 Å². The Morgan fingerprint density at radius 3 is 1.89 bits per heavy atom. The highest BCUT2D eigenvalue weighted by molar-refractivity contribution is 5.86. The topological polar surface area (TPSA) is 28.7 Å². The number of fused-ring (bicyclic) bond motifs is 1. The summed E-state index contributed by atoms with van der Waals surface area (Å²) >= 11 is 0. The Labute approximate surface area is 232 Å². The van der Waals surface area contributed by atoms with Crippen molar-refractivity contribution in [1.82, 2.24) is 4.57 Å². The molecule has 2 aliphatic carbocycles. The summed E-state index contributed by atoms with van der Waals surface area (Å²) in [5.74, 6) is 0.678. The molecule has 0 atom stereocenters. The van der Waals surface area contributed by atoms with Crippen LogP contribution in [0.15, 0.2) is 60.7 Å². The number of nitriles is 1. The van der Waals surface area contributed by atoms with Crippen LogP contribution in [-0.2, 0) is 13.5 Å². The van der Waals surface area contributed by atoms with Crippen molar-refractivity contribution in [2.75, 3.05) is 7.18 Å². The molecule has 0 N–H and O–H groups in total. The summed E-state index contributed by atoms with van der Waals surface area (Å²) in [5.41, 5.74) is 7.93. The zero-order chi connectivity index (χ0) is 28.7. The van der Waals surface area contributed by atoms with Gasteiger partial charge in [-0.2, -0.15) is 5.26 Å². The number of hydrogen-bond acceptors (Lipinski definition) is 1. The zero-order valence-corrected chi connectivity index (χ0v) is 25.3. The monoisotopic (exact) mass is 518 g/mol. The van der Waals surface area contributed by atoms with E-state index in [1.165, 1.54) is 65.4 Å². The van der Waals surface area contributed by atoms with Gasteiger partial charge < -0.3 is 4.57 Å². The van der Waals surface area contributed by atoms with Gasteiger partial charge in [-0.1, -0.05) is 96.0 Å². The summed E-state index contributed by atoms with van der Waals surface area (Å²) in [6, 6.07) is 19.5. The Bertz CT molecular complexity index is 1130. The average molecular weight is 519 g/mol. The molecule has 0 bridgehead atoms. The Kier molecular flexibility index (Phi) is 14.7. The molecule has 1 heterocycles. The van der Waals surface area contributed by atoms with E-state index in [-0.39, 0.29) is 5.41 Å². The molecule has 0 radical (unpaired) electrons. The van der Waals surface area contributed by atoms with Crippen LogP contribution in [0, 0.1) is 30.6 Å². The number of hydrogen-bond donors (Lipinski definition) is 0. The lowest BCUT2D eigenvalue weighted by molar-refractivity contribution is 0.426. The van der Waals surface area contributed by atoms with Crippen LogP contribution >= 0.6 is 0 Å². The highest BCUT2D eigenvalue weighted by atomic mass is 19.1. The van der Waals surface area contributed by atoms with Gasteiger partial charge in [0.05, 0.1) is 13.2 Å². The minimum atomic E-state index is 0.0439. The molecule has 0 amide bonds. The molecule has 0 aliphatic heterocycles. The molecular weight excluding hydrogens is 467 g/mol. The standard InChI is InChI=1S/C22H26N2.C8H10.2C2H6.CH3F/c1-16(15-23)22(12-13-22)14-19-18-10-6-7-11-20(18)24(2)21(19)17-8-4-3-5-9-17;1-7-5-3-4-6-8(7)2;3*1-2/h6-7,10-11,17H,1,3-5,8-9,12-14H2,2H3;3-6H,1-2H3;2*1-2H3;1H3. The molecule has 3 heteroatoms. The molecule has 1 aromatic heterocycles. The van der Waals surface area contributed by atoms with Crippen molar-refractivity contribution >= 4 is 10.9 Å². The Hall–Kier alpha value is -2.86. The molecular formula is C35H51FN2. The maximum Gasteiger partial charge on any atom is 0.0946 e. The van der Waals surface area contributed by atoms with E-state index >= 15 is 0 Å². The van der Waals surface area contributed by atoms with Crippen LogP contribution in [-0.4, -0.2) is 11.7 Å². The van der Waals surface area contributed by atoms with E-state index in [2.05, 4.69) is 86.6 Å². The molecule has 5 rings (SSSR count). The molecule has 38 heavy (non-hydrogen) atoms. The van der Waals surface area contributed by atoms with Crippen molar-refractivity contribution in [3.8, 4) is 6.07 Å².